The van der Waals surface area contributed by atoms with E-state index in [1.165, 1.54) is 24.8 Å². The van der Waals surface area contributed by atoms with Crippen LogP contribution < -0.4 is 4.74 Å². The predicted molar refractivity (Wildman–Crippen MR) is 76.1 cm³/mol. The third kappa shape index (κ3) is 3.99. The number of piperidine rings is 1. The molecule has 1 aromatic carbocycles. The molecule has 1 fully saturated rings. The fourth-order valence-corrected chi connectivity index (χ4v) is 2.48. The van der Waals surface area contributed by atoms with Crippen LogP contribution in [0.4, 0.5) is 0 Å². The van der Waals surface area contributed by atoms with Gasteiger partial charge in [0.15, 0.2) is 0 Å². The Kier molecular flexibility index (Phi) is 5.26. The molecule has 1 saturated heterocycles. The van der Waals surface area contributed by atoms with Crippen molar-refractivity contribution >= 4 is 0 Å². The van der Waals surface area contributed by atoms with E-state index in [0.717, 1.165) is 30.9 Å². The Morgan fingerprint density at radius 1 is 1.26 bits per heavy atom. The van der Waals surface area contributed by atoms with Crippen molar-refractivity contribution in [2.24, 2.45) is 0 Å². The molecular weight excluding hydrogens is 238 g/mol. The maximum absolute atomic E-state index is 8.75. The molecule has 3 nitrogen and oxygen atoms in total. The fourth-order valence-electron chi connectivity index (χ4n) is 2.48. The monoisotopic (exact) mass is 259 g/mol. The number of hydrogen-bond acceptors (Lipinski definition) is 3. The van der Waals surface area contributed by atoms with Gasteiger partial charge in [-0.15, -0.1) is 0 Å². The molecule has 0 spiro atoms. The SMILES string of the molecule is COc1ccc(C#CCO)cc1CN1CCCCC1. The number of aliphatic hydroxyl groups is 1. The average molecular weight is 259 g/mol. The van der Waals surface area contributed by atoms with E-state index < -0.39 is 0 Å². The quantitative estimate of drug-likeness (QED) is 0.843. The second kappa shape index (κ2) is 7.18. The molecule has 1 aliphatic rings. The Bertz CT molecular complexity index is 467. The molecular formula is C16H21NO2. The minimum atomic E-state index is -0.104. The number of aliphatic hydroxyl groups excluding tert-OH is 1. The normalized spacial score (nSPS) is 15.7. The van der Waals surface area contributed by atoms with E-state index in [1.54, 1.807) is 7.11 Å². The van der Waals surface area contributed by atoms with E-state index in [2.05, 4.69) is 22.8 Å². The third-order valence-electron chi connectivity index (χ3n) is 3.43. The van der Waals surface area contributed by atoms with E-state index in [0.29, 0.717) is 0 Å². The van der Waals surface area contributed by atoms with Gasteiger partial charge in [-0.2, -0.15) is 0 Å². The van der Waals surface area contributed by atoms with E-state index in [1.807, 2.05) is 12.1 Å². The number of nitrogens with zero attached hydrogens (tertiary/aromatic N) is 1. The van der Waals surface area contributed by atoms with E-state index in [-0.39, 0.29) is 6.61 Å². The van der Waals surface area contributed by atoms with Gasteiger partial charge in [-0.05, 0) is 44.1 Å². The van der Waals surface area contributed by atoms with Gasteiger partial charge in [0.05, 0.1) is 7.11 Å². The lowest BCUT2D eigenvalue weighted by atomic mass is 10.1. The molecule has 1 aliphatic heterocycles. The lowest BCUT2D eigenvalue weighted by molar-refractivity contribution is 0.218. The maximum atomic E-state index is 8.75. The summed E-state index contributed by atoms with van der Waals surface area (Å²) in [5.74, 6) is 6.55. The highest BCUT2D eigenvalue weighted by Crippen LogP contribution is 2.23. The average Bonchev–Trinajstić information content (AvgIpc) is 2.46. The van der Waals surface area contributed by atoms with Crippen molar-refractivity contribution in [1.29, 1.82) is 0 Å². The van der Waals surface area contributed by atoms with Crippen LogP contribution in [0.2, 0.25) is 0 Å². The third-order valence-corrected chi connectivity index (χ3v) is 3.43. The van der Waals surface area contributed by atoms with Gasteiger partial charge in [-0.3, -0.25) is 4.90 Å². The van der Waals surface area contributed by atoms with Crippen LogP contribution in [0, 0.1) is 11.8 Å². The molecule has 0 amide bonds. The molecule has 19 heavy (non-hydrogen) atoms. The molecule has 0 atom stereocenters. The van der Waals surface area contributed by atoms with Crippen LogP contribution in [0.25, 0.3) is 0 Å². The van der Waals surface area contributed by atoms with Crippen LogP contribution in [0.3, 0.4) is 0 Å². The molecule has 1 heterocycles. The second-order valence-corrected chi connectivity index (χ2v) is 4.82. The molecule has 0 radical (unpaired) electrons. The van der Waals surface area contributed by atoms with Crippen LogP contribution in [-0.2, 0) is 6.54 Å². The molecule has 0 aliphatic carbocycles. The second-order valence-electron chi connectivity index (χ2n) is 4.82. The number of likely N-dealkylation sites (tertiary alicyclic amines) is 1. The van der Waals surface area contributed by atoms with Crippen molar-refractivity contribution in [3.8, 4) is 17.6 Å². The molecule has 1 aromatic rings. The van der Waals surface area contributed by atoms with Crippen LogP contribution in [-0.4, -0.2) is 36.8 Å². The van der Waals surface area contributed by atoms with Gasteiger partial charge in [0.25, 0.3) is 0 Å². The summed E-state index contributed by atoms with van der Waals surface area (Å²) in [4.78, 5) is 2.46. The van der Waals surface area contributed by atoms with Crippen LogP contribution >= 0.6 is 0 Å². The molecule has 1 N–H and O–H groups in total. The van der Waals surface area contributed by atoms with Crippen molar-refractivity contribution in [3.63, 3.8) is 0 Å². The van der Waals surface area contributed by atoms with Gasteiger partial charge >= 0.3 is 0 Å². The Morgan fingerprint density at radius 3 is 2.74 bits per heavy atom. The number of methoxy groups -OCH3 is 1. The zero-order valence-electron chi connectivity index (χ0n) is 11.5. The first-order valence-corrected chi connectivity index (χ1v) is 6.82. The first-order valence-electron chi connectivity index (χ1n) is 6.82. The van der Waals surface area contributed by atoms with Gasteiger partial charge in [-0.25, -0.2) is 0 Å². The summed E-state index contributed by atoms with van der Waals surface area (Å²) in [7, 11) is 1.70. The number of hydrogen-bond donors (Lipinski definition) is 1. The minimum Gasteiger partial charge on any atom is -0.496 e. The van der Waals surface area contributed by atoms with Gasteiger partial charge < -0.3 is 9.84 Å². The Balaban J connectivity index is 2.15. The zero-order valence-corrected chi connectivity index (χ0v) is 11.5. The van der Waals surface area contributed by atoms with Crippen LogP contribution in [0.1, 0.15) is 30.4 Å². The van der Waals surface area contributed by atoms with Crippen molar-refractivity contribution in [3.05, 3.63) is 29.3 Å². The maximum Gasteiger partial charge on any atom is 0.123 e. The summed E-state index contributed by atoms with van der Waals surface area (Å²) in [6.45, 7) is 3.14. The van der Waals surface area contributed by atoms with Gasteiger partial charge in [0, 0.05) is 17.7 Å². The summed E-state index contributed by atoms with van der Waals surface area (Å²) >= 11 is 0. The van der Waals surface area contributed by atoms with Crippen molar-refractivity contribution < 1.29 is 9.84 Å². The molecule has 0 saturated carbocycles. The summed E-state index contributed by atoms with van der Waals surface area (Å²) in [6, 6.07) is 5.96. The molecule has 2 rings (SSSR count). The Morgan fingerprint density at radius 2 is 2.05 bits per heavy atom. The highest BCUT2D eigenvalue weighted by atomic mass is 16.5. The van der Waals surface area contributed by atoms with Gasteiger partial charge in [-0.1, -0.05) is 18.3 Å². The summed E-state index contributed by atoms with van der Waals surface area (Å²) in [5.41, 5.74) is 2.11. The van der Waals surface area contributed by atoms with Gasteiger partial charge in [0.2, 0.25) is 0 Å². The Labute approximate surface area is 115 Å². The predicted octanol–water partition coefficient (Wildman–Crippen LogP) is 2.02. The number of ether oxygens (including phenoxy) is 1. The molecule has 3 heteroatoms. The van der Waals surface area contributed by atoms with E-state index >= 15 is 0 Å². The van der Waals surface area contributed by atoms with Crippen molar-refractivity contribution in [2.75, 3.05) is 26.8 Å². The topological polar surface area (TPSA) is 32.7 Å². The number of rotatable bonds is 3. The van der Waals surface area contributed by atoms with Crippen LogP contribution in [0.5, 0.6) is 5.75 Å². The highest BCUT2D eigenvalue weighted by Gasteiger charge is 2.13. The Hall–Kier alpha value is -1.50. The lowest BCUT2D eigenvalue weighted by Gasteiger charge is -2.27. The highest BCUT2D eigenvalue weighted by molar-refractivity contribution is 5.44. The van der Waals surface area contributed by atoms with Gasteiger partial charge in [0.1, 0.15) is 12.4 Å². The summed E-state index contributed by atoms with van der Waals surface area (Å²) < 4.78 is 5.42. The van der Waals surface area contributed by atoms with Crippen LogP contribution in [0.15, 0.2) is 18.2 Å². The molecule has 0 aromatic heterocycles. The zero-order chi connectivity index (χ0) is 13.5. The first-order chi connectivity index (χ1) is 9.33. The van der Waals surface area contributed by atoms with E-state index in [9.17, 15) is 0 Å². The van der Waals surface area contributed by atoms with Crippen molar-refractivity contribution in [2.45, 2.75) is 25.8 Å². The van der Waals surface area contributed by atoms with E-state index in [4.69, 9.17) is 9.84 Å². The summed E-state index contributed by atoms with van der Waals surface area (Å²) in [6.07, 6.45) is 3.91. The summed E-state index contributed by atoms with van der Waals surface area (Å²) in [5, 5.41) is 8.75. The minimum absolute atomic E-state index is 0.104. The smallest absolute Gasteiger partial charge is 0.123 e. The fraction of sp³-hybridized carbons (Fsp3) is 0.500. The molecule has 0 bridgehead atoms. The first kappa shape index (κ1) is 13.9. The molecule has 102 valence electrons. The van der Waals surface area contributed by atoms with Crippen molar-refractivity contribution in [1.82, 2.24) is 4.90 Å². The lowest BCUT2D eigenvalue weighted by Crippen LogP contribution is -2.29. The standard InChI is InChI=1S/C16H21NO2/c1-19-16-8-7-14(6-5-11-18)12-15(16)13-17-9-3-2-4-10-17/h7-8,12,18H,2-4,9-11,13H2,1H3. The largest absolute Gasteiger partial charge is 0.496 e. The number of benzene rings is 1. The molecule has 0 unspecified atom stereocenters.